The fourth-order valence-electron chi connectivity index (χ4n) is 1.04. The molecule has 1 aromatic heterocycles. The summed E-state index contributed by atoms with van der Waals surface area (Å²) >= 11 is 0. The lowest BCUT2D eigenvalue weighted by Crippen LogP contribution is -2.24. The Morgan fingerprint density at radius 1 is 1.50 bits per heavy atom. The summed E-state index contributed by atoms with van der Waals surface area (Å²) in [6.07, 6.45) is 2.39. The molecule has 1 heterocycles. The van der Waals surface area contributed by atoms with E-state index < -0.39 is 16.5 Å². The van der Waals surface area contributed by atoms with Crippen molar-refractivity contribution in [2.24, 2.45) is 0 Å². The Morgan fingerprint density at radius 2 is 2.12 bits per heavy atom. The first-order valence-electron chi connectivity index (χ1n) is 4.63. The Labute approximate surface area is 92.4 Å². The molecule has 0 N–H and O–H groups in total. The predicted octanol–water partition coefficient (Wildman–Crippen LogP) is 1.95. The number of nitro groups is 1. The fourth-order valence-corrected chi connectivity index (χ4v) is 1.04. The van der Waals surface area contributed by atoms with E-state index in [1.165, 1.54) is 12.3 Å². The van der Waals surface area contributed by atoms with E-state index in [9.17, 15) is 14.9 Å². The molecule has 0 aliphatic rings. The van der Waals surface area contributed by atoms with Crippen molar-refractivity contribution >= 4 is 11.7 Å². The summed E-state index contributed by atoms with van der Waals surface area (Å²) in [5, 5.41) is 10.7. The van der Waals surface area contributed by atoms with Gasteiger partial charge in [-0.1, -0.05) is 0 Å². The SMILES string of the molecule is CC(C)(C)OC(=O)c1cnccc1[N+](=O)[O-]. The van der Waals surface area contributed by atoms with E-state index in [0.29, 0.717) is 0 Å². The van der Waals surface area contributed by atoms with Gasteiger partial charge >= 0.3 is 5.97 Å². The van der Waals surface area contributed by atoms with Gasteiger partial charge in [0, 0.05) is 18.5 Å². The van der Waals surface area contributed by atoms with Crippen LogP contribution in [0.5, 0.6) is 0 Å². The maximum Gasteiger partial charge on any atom is 0.347 e. The molecule has 0 radical (unpaired) electrons. The summed E-state index contributed by atoms with van der Waals surface area (Å²) in [5.41, 5.74) is -1.13. The summed E-state index contributed by atoms with van der Waals surface area (Å²) in [5.74, 6) is -0.743. The molecule has 0 spiro atoms. The van der Waals surface area contributed by atoms with E-state index in [-0.39, 0.29) is 11.3 Å². The minimum atomic E-state index is -0.743. The predicted molar refractivity (Wildman–Crippen MR) is 56.1 cm³/mol. The Kier molecular flexibility index (Phi) is 3.22. The zero-order valence-corrected chi connectivity index (χ0v) is 9.26. The van der Waals surface area contributed by atoms with Crippen LogP contribution in [0.3, 0.4) is 0 Å². The molecule has 0 fully saturated rings. The zero-order chi connectivity index (χ0) is 12.3. The van der Waals surface area contributed by atoms with Gasteiger partial charge in [-0.25, -0.2) is 4.79 Å². The van der Waals surface area contributed by atoms with Crippen LogP contribution in [-0.2, 0) is 4.74 Å². The van der Waals surface area contributed by atoms with Crippen molar-refractivity contribution in [1.82, 2.24) is 4.98 Å². The lowest BCUT2D eigenvalue weighted by Gasteiger charge is -2.19. The maximum atomic E-state index is 11.6. The molecule has 0 aliphatic carbocycles. The van der Waals surface area contributed by atoms with Crippen molar-refractivity contribution in [3.63, 3.8) is 0 Å². The van der Waals surface area contributed by atoms with Crippen LogP contribution in [0, 0.1) is 10.1 Å². The molecule has 1 aromatic rings. The van der Waals surface area contributed by atoms with E-state index in [1.54, 1.807) is 20.8 Å². The summed E-state index contributed by atoms with van der Waals surface area (Å²) < 4.78 is 5.03. The van der Waals surface area contributed by atoms with Crippen molar-refractivity contribution in [3.05, 3.63) is 34.1 Å². The summed E-state index contributed by atoms with van der Waals surface area (Å²) in [4.78, 5) is 25.3. The third-order valence-electron chi connectivity index (χ3n) is 1.61. The molecule has 86 valence electrons. The second-order valence-electron chi connectivity index (χ2n) is 4.15. The number of pyridine rings is 1. The molecule has 0 aliphatic heterocycles. The fraction of sp³-hybridized carbons (Fsp3) is 0.400. The number of hydrogen-bond donors (Lipinski definition) is 0. The van der Waals surface area contributed by atoms with Crippen molar-refractivity contribution in [2.45, 2.75) is 26.4 Å². The van der Waals surface area contributed by atoms with Crippen LogP contribution in [0.15, 0.2) is 18.5 Å². The van der Waals surface area contributed by atoms with Gasteiger partial charge in [0.25, 0.3) is 5.69 Å². The average Bonchev–Trinajstić information content (AvgIpc) is 2.15. The van der Waals surface area contributed by atoms with E-state index in [4.69, 9.17) is 4.74 Å². The first kappa shape index (κ1) is 12.1. The highest BCUT2D eigenvalue weighted by molar-refractivity contribution is 5.93. The quantitative estimate of drug-likeness (QED) is 0.435. The molecule has 6 heteroatoms. The zero-order valence-electron chi connectivity index (χ0n) is 9.26. The van der Waals surface area contributed by atoms with E-state index in [0.717, 1.165) is 6.20 Å². The third kappa shape index (κ3) is 3.01. The molecular weight excluding hydrogens is 212 g/mol. The smallest absolute Gasteiger partial charge is 0.347 e. The first-order valence-corrected chi connectivity index (χ1v) is 4.63. The molecule has 0 amide bonds. The van der Waals surface area contributed by atoms with Crippen LogP contribution in [0.2, 0.25) is 0 Å². The molecule has 0 aromatic carbocycles. The van der Waals surface area contributed by atoms with Gasteiger partial charge in [-0.15, -0.1) is 0 Å². The topological polar surface area (TPSA) is 82.3 Å². The van der Waals surface area contributed by atoms with Crippen molar-refractivity contribution in [1.29, 1.82) is 0 Å². The molecule has 0 atom stereocenters. The van der Waals surface area contributed by atoms with Crippen molar-refractivity contribution in [3.8, 4) is 0 Å². The number of hydrogen-bond acceptors (Lipinski definition) is 5. The molecule has 0 saturated carbocycles. The number of ether oxygens (including phenoxy) is 1. The van der Waals surface area contributed by atoms with Crippen LogP contribution in [-0.4, -0.2) is 21.5 Å². The molecule has 0 unspecified atom stereocenters. The van der Waals surface area contributed by atoms with Gasteiger partial charge in [-0.3, -0.25) is 15.1 Å². The summed E-state index contributed by atoms with van der Waals surface area (Å²) in [6.45, 7) is 5.06. The van der Waals surface area contributed by atoms with Gasteiger partial charge in [0.1, 0.15) is 5.60 Å². The Morgan fingerprint density at radius 3 is 2.62 bits per heavy atom. The Balaban J connectivity index is 3.04. The van der Waals surface area contributed by atoms with Gasteiger partial charge in [0.15, 0.2) is 5.56 Å². The largest absolute Gasteiger partial charge is 0.456 e. The van der Waals surface area contributed by atoms with Crippen molar-refractivity contribution < 1.29 is 14.5 Å². The summed E-state index contributed by atoms with van der Waals surface area (Å²) in [7, 11) is 0. The number of rotatable bonds is 2. The summed E-state index contributed by atoms with van der Waals surface area (Å²) in [6, 6.07) is 1.17. The van der Waals surface area contributed by atoms with Crippen LogP contribution in [0.1, 0.15) is 31.1 Å². The van der Waals surface area contributed by atoms with Gasteiger partial charge in [0.05, 0.1) is 4.92 Å². The van der Waals surface area contributed by atoms with Crippen LogP contribution in [0.25, 0.3) is 0 Å². The maximum absolute atomic E-state index is 11.6. The number of carbonyl (C=O) groups excluding carboxylic acids is 1. The molecule has 6 nitrogen and oxygen atoms in total. The number of esters is 1. The lowest BCUT2D eigenvalue weighted by atomic mass is 10.2. The van der Waals surface area contributed by atoms with Gasteiger partial charge in [-0.2, -0.15) is 0 Å². The highest BCUT2D eigenvalue weighted by atomic mass is 16.6. The minimum absolute atomic E-state index is 0.137. The van der Waals surface area contributed by atoms with Gasteiger partial charge in [-0.05, 0) is 20.8 Å². The molecule has 0 bridgehead atoms. The van der Waals surface area contributed by atoms with Crippen LogP contribution >= 0.6 is 0 Å². The molecule has 16 heavy (non-hydrogen) atoms. The Bertz CT molecular complexity index is 423. The number of carbonyl (C=O) groups is 1. The van der Waals surface area contributed by atoms with E-state index in [2.05, 4.69) is 4.98 Å². The average molecular weight is 224 g/mol. The van der Waals surface area contributed by atoms with Gasteiger partial charge in [0.2, 0.25) is 0 Å². The normalized spacial score (nSPS) is 10.9. The third-order valence-corrected chi connectivity index (χ3v) is 1.61. The van der Waals surface area contributed by atoms with Crippen molar-refractivity contribution in [2.75, 3.05) is 0 Å². The van der Waals surface area contributed by atoms with Gasteiger partial charge < -0.3 is 4.74 Å². The standard InChI is InChI=1S/C10H12N2O4/c1-10(2,3)16-9(13)7-6-11-5-4-8(7)12(14)15/h4-6H,1-3H3. The van der Waals surface area contributed by atoms with Crippen LogP contribution in [0.4, 0.5) is 5.69 Å². The second-order valence-corrected chi connectivity index (χ2v) is 4.15. The van der Waals surface area contributed by atoms with E-state index >= 15 is 0 Å². The highest BCUT2D eigenvalue weighted by Crippen LogP contribution is 2.19. The monoisotopic (exact) mass is 224 g/mol. The second kappa shape index (κ2) is 4.26. The number of nitrogens with zero attached hydrogens (tertiary/aromatic N) is 2. The van der Waals surface area contributed by atoms with E-state index in [1.807, 2.05) is 0 Å². The highest BCUT2D eigenvalue weighted by Gasteiger charge is 2.25. The lowest BCUT2D eigenvalue weighted by molar-refractivity contribution is -0.385. The van der Waals surface area contributed by atoms with Crippen LogP contribution < -0.4 is 0 Å². The molecule has 0 saturated heterocycles. The Hall–Kier alpha value is -1.98. The minimum Gasteiger partial charge on any atom is -0.456 e. The molecule has 1 rings (SSSR count). The first-order chi connectivity index (χ1) is 7.31. The number of aromatic nitrogens is 1. The molecular formula is C10H12N2O4.